The standard InChI is InChI=1S/C16H23N5O3/c22-14-3-1-5-20(14)6-2-4-17-15(23)13-11-18-16(19-12-13)21-7-9-24-10-8-21/h11-12H,1-10H2,(H,17,23). The summed E-state index contributed by atoms with van der Waals surface area (Å²) >= 11 is 0. The number of hydrogen-bond donors (Lipinski definition) is 1. The Kier molecular flexibility index (Phi) is 5.58. The van der Waals surface area contributed by atoms with Gasteiger partial charge in [0.15, 0.2) is 0 Å². The van der Waals surface area contributed by atoms with Crippen molar-refractivity contribution in [1.29, 1.82) is 0 Å². The predicted octanol–water partition coefficient (Wildman–Crippen LogP) is 0.0555. The van der Waals surface area contributed by atoms with Crippen LogP contribution in [0.25, 0.3) is 0 Å². The predicted molar refractivity (Wildman–Crippen MR) is 87.8 cm³/mol. The third-order valence-electron chi connectivity index (χ3n) is 4.26. The minimum Gasteiger partial charge on any atom is -0.378 e. The van der Waals surface area contributed by atoms with Gasteiger partial charge in [0.2, 0.25) is 11.9 Å². The second-order valence-corrected chi connectivity index (χ2v) is 5.96. The average Bonchev–Trinajstić information content (AvgIpc) is 3.04. The molecule has 0 radical (unpaired) electrons. The van der Waals surface area contributed by atoms with Crippen LogP contribution in [0.2, 0.25) is 0 Å². The third-order valence-corrected chi connectivity index (χ3v) is 4.26. The summed E-state index contributed by atoms with van der Waals surface area (Å²) < 4.78 is 5.30. The minimum atomic E-state index is -0.184. The number of amides is 2. The largest absolute Gasteiger partial charge is 0.378 e. The lowest BCUT2D eigenvalue weighted by Crippen LogP contribution is -2.37. The fourth-order valence-electron chi connectivity index (χ4n) is 2.88. The first-order chi connectivity index (χ1) is 11.7. The molecule has 2 saturated heterocycles. The molecule has 0 unspecified atom stereocenters. The van der Waals surface area contributed by atoms with Gasteiger partial charge in [-0.1, -0.05) is 0 Å². The molecular formula is C16H23N5O3. The molecule has 8 nitrogen and oxygen atoms in total. The highest BCUT2D eigenvalue weighted by molar-refractivity contribution is 5.93. The topological polar surface area (TPSA) is 87.7 Å². The number of likely N-dealkylation sites (tertiary alicyclic amines) is 1. The summed E-state index contributed by atoms with van der Waals surface area (Å²) in [4.78, 5) is 36.0. The van der Waals surface area contributed by atoms with Gasteiger partial charge in [-0.3, -0.25) is 9.59 Å². The Hall–Kier alpha value is -2.22. The Morgan fingerprint density at radius 2 is 1.96 bits per heavy atom. The molecule has 2 aliphatic rings. The van der Waals surface area contributed by atoms with E-state index in [1.165, 1.54) is 0 Å². The molecular weight excluding hydrogens is 310 g/mol. The number of carbonyl (C=O) groups excluding carboxylic acids is 2. The molecule has 24 heavy (non-hydrogen) atoms. The van der Waals surface area contributed by atoms with Crippen molar-refractivity contribution >= 4 is 17.8 Å². The molecule has 2 fully saturated rings. The number of morpholine rings is 1. The minimum absolute atomic E-state index is 0.184. The molecule has 1 aromatic heterocycles. The van der Waals surface area contributed by atoms with Crippen LogP contribution in [0.1, 0.15) is 29.6 Å². The van der Waals surface area contributed by atoms with Crippen molar-refractivity contribution in [2.45, 2.75) is 19.3 Å². The van der Waals surface area contributed by atoms with E-state index in [-0.39, 0.29) is 11.8 Å². The maximum Gasteiger partial charge on any atom is 0.254 e. The highest BCUT2D eigenvalue weighted by Crippen LogP contribution is 2.10. The molecule has 2 amide bonds. The van der Waals surface area contributed by atoms with Gasteiger partial charge in [-0.15, -0.1) is 0 Å². The molecule has 0 aliphatic carbocycles. The molecule has 0 bridgehead atoms. The smallest absolute Gasteiger partial charge is 0.254 e. The van der Waals surface area contributed by atoms with Crippen molar-refractivity contribution in [1.82, 2.24) is 20.2 Å². The Morgan fingerprint density at radius 3 is 2.62 bits per heavy atom. The van der Waals surface area contributed by atoms with Gasteiger partial charge >= 0.3 is 0 Å². The highest BCUT2D eigenvalue weighted by atomic mass is 16.5. The van der Waals surface area contributed by atoms with E-state index in [4.69, 9.17) is 4.74 Å². The van der Waals surface area contributed by atoms with Crippen molar-refractivity contribution in [2.75, 3.05) is 50.8 Å². The molecule has 3 rings (SSSR count). The van der Waals surface area contributed by atoms with Gasteiger partial charge < -0.3 is 19.9 Å². The lowest BCUT2D eigenvalue weighted by molar-refractivity contribution is -0.127. The van der Waals surface area contributed by atoms with E-state index in [0.717, 1.165) is 32.5 Å². The fourth-order valence-corrected chi connectivity index (χ4v) is 2.88. The van der Waals surface area contributed by atoms with Gasteiger partial charge in [0.25, 0.3) is 5.91 Å². The van der Waals surface area contributed by atoms with E-state index in [2.05, 4.69) is 15.3 Å². The summed E-state index contributed by atoms with van der Waals surface area (Å²) in [6, 6.07) is 0. The first-order valence-corrected chi connectivity index (χ1v) is 8.45. The SMILES string of the molecule is O=C(NCCCN1CCCC1=O)c1cnc(N2CCOCC2)nc1. The van der Waals surface area contributed by atoms with Crippen molar-refractivity contribution in [3.63, 3.8) is 0 Å². The van der Waals surface area contributed by atoms with Crippen molar-refractivity contribution in [2.24, 2.45) is 0 Å². The Morgan fingerprint density at radius 1 is 1.21 bits per heavy atom. The van der Waals surface area contributed by atoms with E-state index in [9.17, 15) is 9.59 Å². The van der Waals surface area contributed by atoms with Crippen molar-refractivity contribution in [3.8, 4) is 0 Å². The number of anilines is 1. The van der Waals surface area contributed by atoms with Crippen LogP contribution in [0.15, 0.2) is 12.4 Å². The first-order valence-electron chi connectivity index (χ1n) is 8.45. The van der Waals surface area contributed by atoms with E-state index in [1.807, 2.05) is 9.80 Å². The molecule has 1 aromatic rings. The van der Waals surface area contributed by atoms with E-state index in [0.29, 0.717) is 44.2 Å². The van der Waals surface area contributed by atoms with Gasteiger partial charge in [0.05, 0.1) is 18.8 Å². The number of aromatic nitrogens is 2. The number of rotatable bonds is 6. The lowest BCUT2D eigenvalue weighted by atomic mass is 10.3. The number of hydrogen-bond acceptors (Lipinski definition) is 6. The maximum atomic E-state index is 12.1. The van der Waals surface area contributed by atoms with Crippen molar-refractivity contribution < 1.29 is 14.3 Å². The first kappa shape index (κ1) is 16.6. The highest BCUT2D eigenvalue weighted by Gasteiger charge is 2.19. The van der Waals surface area contributed by atoms with Gasteiger partial charge in [-0.05, 0) is 12.8 Å². The van der Waals surface area contributed by atoms with Crippen LogP contribution in [-0.4, -0.2) is 72.6 Å². The molecule has 2 aliphatic heterocycles. The molecule has 0 aromatic carbocycles. The van der Waals surface area contributed by atoms with Crippen LogP contribution < -0.4 is 10.2 Å². The maximum absolute atomic E-state index is 12.1. The summed E-state index contributed by atoms with van der Waals surface area (Å²) in [6.07, 6.45) is 5.45. The monoisotopic (exact) mass is 333 g/mol. The van der Waals surface area contributed by atoms with Gasteiger partial charge in [0.1, 0.15) is 0 Å². The third kappa shape index (κ3) is 4.19. The zero-order chi connectivity index (χ0) is 16.8. The number of nitrogens with one attached hydrogen (secondary N) is 1. The average molecular weight is 333 g/mol. The zero-order valence-electron chi connectivity index (χ0n) is 13.7. The van der Waals surface area contributed by atoms with Crippen LogP contribution in [0.4, 0.5) is 5.95 Å². The quantitative estimate of drug-likeness (QED) is 0.741. The number of ether oxygens (including phenoxy) is 1. The molecule has 0 saturated carbocycles. The van der Waals surface area contributed by atoms with Gasteiger partial charge in [-0.2, -0.15) is 0 Å². The summed E-state index contributed by atoms with van der Waals surface area (Å²) in [5, 5.41) is 2.85. The normalized spacial score (nSPS) is 18.1. The molecule has 3 heterocycles. The van der Waals surface area contributed by atoms with Crippen LogP contribution >= 0.6 is 0 Å². The summed E-state index contributed by atoms with van der Waals surface area (Å²) in [5.74, 6) is 0.659. The number of nitrogens with zero attached hydrogens (tertiary/aromatic N) is 4. The second-order valence-electron chi connectivity index (χ2n) is 5.96. The lowest BCUT2D eigenvalue weighted by Gasteiger charge is -2.26. The number of carbonyl (C=O) groups is 2. The Bertz CT molecular complexity index is 572. The van der Waals surface area contributed by atoms with E-state index in [1.54, 1.807) is 12.4 Å². The molecule has 130 valence electrons. The van der Waals surface area contributed by atoms with Crippen LogP contribution in [-0.2, 0) is 9.53 Å². The molecule has 0 spiro atoms. The molecule has 8 heteroatoms. The van der Waals surface area contributed by atoms with Crippen LogP contribution in [0, 0.1) is 0 Å². The second kappa shape index (κ2) is 8.05. The van der Waals surface area contributed by atoms with E-state index < -0.39 is 0 Å². The van der Waals surface area contributed by atoms with E-state index >= 15 is 0 Å². The fraction of sp³-hybridized carbons (Fsp3) is 0.625. The molecule has 1 N–H and O–H groups in total. The summed E-state index contributed by atoms with van der Waals surface area (Å²) in [5.41, 5.74) is 0.448. The summed E-state index contributed by atoms with van der Waals surface area (Å²) in [7, 11) is 0. The Balaban J connectivity index is 1.42. The van der Waals surface area contributed by atoms with Crippen LogP contribution in [0.3, 0.4) is 0 Å². The van der Waals surface area contributed by atoms with Crippen molar-refractivity contribution in [3.05, 3.63) is 18.0 Å². The van der Waals surface area contributed by atoms with Crippen LogP contribution in [0.5, 0.6) is 0 Å². The zero-order valence-corrected chi connectivity index (χ0v) is 13.7. The molecule has 0 atom stereocenters. The van der Waals surface area contributed by atoms with Gasteiger partial charge in [0, 0.05) is 51.5 Å². The Labute approximate surface area is 141 Å². The van der Waals surface area contributed by atoms with Gasteiger partial charge in [-0.25, -0.2) is 9.97 Å². The summed E-state index contributed by atoms with van der Waals surface area (Å²) in [6.45, 7) is 4.95.